The molecule has 5 heteroatoms. The Morgan fingerprint density at radius 2 is 1.41 bits per heavy atom. The van der Waals surface area contributed by atoms with Gasteiger partial charge in [0.25, 0.3) is 11.8 Å². The van der Waals surface area contributed by atoms with Gasteiger partial charge in [0.05, 0.1) is 0 Å². The molecule has 0 atom stereocenters. The van der Waals surface area contributed by atoms with Gasteiger partial charge in [0.15, 0.2) is 6.61 Å². The van der Waals surface area contributed by atoms with E-state index in [9.17, 15) is 9.59 Å². The number of aryl methyl sites for hydroxylation is 2. The van der Waals surface area contributed by atoms with Crippen molar-refractivity contribution in [3.63, 3.8) is 0 Å². The standard InChI is InChI=1S/C17H18N2O3/c1-12-3-7-14(8-4-12)17(21)19-18-16(20)11-22-15-9-5-13(2)6-10-15/h3-10H,11H2,1-2H3,(H,18,20)(H,19,21). The lowest BCUT2D eigenvalue weighted by Gasteiger charge is -2.09. The molecule has 0 saturated carbocycles. The molecule has 0 aliphatic heterocycles. The van der Waals surface area contributed by atoms with Crippen molar-refractivity contribution in [3.05, 3.63) is 65.2 Å². The van der Waals surface area contributed by atoms with E-state index in [1.54, 1.807) is 24.3 Å². The van der Waals surface area contributed by atoms with Gasteiger partial charge in [-0.25, -0.2) is 0 Å². The summed E-state index contributed by atoms with van der Waals surface area (Å²) in [4.78, 5) is 23.4. The first-order chi connectivity index (χ1) is 10.5. The number of hydrazine groups is 1. The van der Waals surface area contributed by atoms with E-state index in [0.29, 0.717) is 11.3 Å². The van der Waals surface area contributed by atoms with E-state index in [1.807, 2.05) is 38.1 Å². The molecule has 0 aliphatic rings. The van der Waals surface area contributed by atoms with Gasteiger partial charge in [-0.2, -0.15) is 0 Å². The number of ether oxygens (including phenoxy) is 1. The van der Waals surface area contributed by atoms with Crippen molar-refractivity contribution in [1.29, 1.82) is 0 Å². The van der Waals surface area contributed by atoms with Crippen molar-refractivity contribution in [1.82, 2.24) is 10.9 Å². The van der Waals surface area contributed by atoms with Gasteiger partial charge < -0.3 is 4.74 Å². The number of nitrogens with one attached hydrogen (secondary N) is 2. The molecule has 0 unspecified atom stereocenters. The Hall–Kier alpha value is -2.82. The summed E-state index contributed by atoms with van der Waals surface area (Å²) >= 11 is 0. The van der Waals surface area contributed by atoms with Crippen LogP contribution in [-0.4, -0.2) is 18.4 Å². The molecular weight excluding hydrogens is 280 g/mol. The van der Waals surface area contributed by atoms with Crippen molar-refractivity contribution < 1.29 is 14.3 Å². The highest BCUT2D eigenvalue weighted by Gasteiger charge is 2.07. The molecule has 5 nitrogen and oxygen atoms in total. The Balaban J connectivity index is 1.76. The molecule has 0 aromatic heterocycles. The fraction of sp³-hybridized carbons (Fsp3) is 0.176. The van der Waals surface area contributed by atoms with Crippen molar-refractivity contribution in [2.75, 3.05) is 6.61 Å². The maximum absolute atomic E-state index is 11.8. The number of hydrogen-bond donors (Lipinski definition) is 2. The highest BCUT2D eigenvalue weighted by molar-refractivity contribution is 5.95. The summed E-state index contributed by atoms with van der Waals surface area (Å²) in [5.74, 6) is -0.199. The van der Waals surface area contributed by atoms with Crippen molar-refractivity contribution in [2.24, 2.45) is 0 Å². The van der Waals surface area contributed by atoms with Crippen LogP contribution in [0.3, 0.4) is 0 Å². The second-order valence-corrected chi connectivity index (χ2v) is 4.97. The third kappa shape index (κ3) is 4.63. The second-order valence-electron chi connectivity index (χ2n) is 4.97. The van der Waals surface area contributed by atoms with Crippen LogP contribution in [0.1, 0.15) is 21.5 Å². The van der Waals surface area contributed by atoms with Crippen molar-refractivity contribution >= 4 is 11.8 Å². The van der Waals surface area contributed by atoms with Crippen LogP contribution >= 0.6 is 0 Å². The van der Waals surface area contributed by atoms with Crippen LogP contribution < -0.4 is 15.6 Å². The van der Waals surface area contributed by atoms with Gasteiger partial charge in [0.2, 0.25) is 0 Å². The van der Waals surface area contributed by atoms with Crippen LogP contribution in [0.5, 0.6) is 5.75 Å². The predicted molar refractivity (Wildman–Crippen MR) is 83.5 cm³/mol. The van der Waals surface area contributed by atoms with Crippen molar-refractivity contribution in [2.45, 2.75) is 13.8 Å². The van der Waals surface area contributed by atoms with Gasteiger partial charge in [0.1, 0.15) is 5.75 Å². The second kappa shape index (κ2) is 7.26. The monoisotopic (exact) mass is 298 g/mol. The molecule has 0 fully saturated rings. The van der Waals surface area contributed by atoms with Crippen molar-refractivity contribution in [3.8, 4) is 5.75 Å². The molecule has 2 aromatic rings. The first-order valence-electron chi connectivity index (χ1n) is 6.90. The number of carbonyl (C=O) groups excluding carboxylic acids is 2. The van der Waals surface area contributed by atoms with Gasteiger partial charge in [-0.3, -0.25) is 20.4 Å². The summed E-state index contributed by atoms with van der Waals surface area (Å²) < 4.78 is 5.31. The molecule has 114 valence electrons. The Kier molecular flexibility index (Phi) is 5.14. The van der Waals surface area contributed by atoms with E-state index in [4.69, 9.17) is 4.74 Å². The summed E-state index contributed by atoms with van der Waals surface area (Å²) in [6.07, 6.45) is 0. The molecule has 22 heavy (non-hydrogen) atoms. The van der Waals surface area contributed by atoms with Crippen LogP contribution in [0, 0.1) is 13.8 Å². The first kappa shape index (κ1) is 15.6. The molecule has 2 rings (SSSR count). The molecule has 2 N–H and O–H groups in total. The number of benzene rings is 2. The van der Waals surface area contributed by atoms with E-state index >= 15 is 0 Å². The molecule has 0 radical (unpaired) electrons. The minimum absolute atomic E-state index is 0.169. The molecule has 0 heterocycles. The fourth-order valence-corrected chi connectivity index (χ4v) is 1.72. The Bertz CT molecular complexity index is 649. The lowest BCUT2D eigenvalue weighted by atomic mass is 10.1. The average molecular weight is 298 g/mol. The summed E-state index contributed by atoms with van der Waals surface area (Å²) in [5, 5.41) is 0. The molecule has 2 amide bonds. The number of amides is 2. The minimum atomic E-state index is -0.430. The molecule has 0 spiro atoms. The third-order valence-corrected chi connectivity index (χ3v) is 3.02. The number of hydrogen-bond acceptors (Lipinski definition) is 3. The first-order valence-corrected chi connectivity index (χ1v) is 6.90. The number of rotatable bonds is 4. The smallest absolute Gasteiger partial charge is 0.276 e. The zero-order chi connectivity index (χ0) is 15.9. The van der Waals surface area contributed by atoms with Gasteiger partial charge in [-0.1, -0.05) is 35.4 Å². The Morgan fingerprint density at radius 1 is 0.864 bits per heavy atom. The molecule has 0 bridgehead atoms. The van der Waals surface area contributed by atoms with Crippen LogP contribution in [-0.2, 0) is 4.79 Å². The lowest BCUT2D eigenvalue weighted by molar-refractivity contribution is -0.123. The normalized spacial score (nSPS) is 9.91. The molecule has 0 saturated heterocycles. The van der Waals surface area contributed by atoms with E-state index in [-0.39, 0.29) is 12.5 Å². The maximum atomic E-state index is 11.8. The van der Waals surface area contributed by atoms with Gasteiger partial charge in [-0.05, 0) is 38.1 Å². The molecule has 0 aliphatic carbocycles. The average Bonchev–Trinajstić information content (AvgIpc) is 2.52. The minimum Gasteiger partial charge on any atom is -0.484 e. The van der Waals surface area contributed by atoms with E-state index in [0.717, 1.165) is 11.1 Å². The maximum Gasteiger partial charge on any atom is 0.276 e. The Labute approximate surface area is 129 Å². The van der Waals surface area contributed by atoms with Gasteiger partial charge >= 0.3 is 0 Å². The highest BCUT2D eigenvalue weighted by atomic mass is 16.5. The SMILES string of the molecule is Cc1ccc(OCC(=O)NNC(=O)c2ccc(C)cc2)cc1. The molecule has 2 aromatic carbocycles. The zero-order valence-electron chi connectivity index (χ0n) is 12.6. The lowest BCUT2D eigenvalue weighted by Crippen LogP contribution is -2.43. The predicted octanol–water partition coefficient (Wildman–Crippen LogP) is 2.14. The summed E-state index contributed by atoms with van der Waals surface area (Å²) in [5.41, 5.74) is 7.31. The largest absolute Gasteiger partial charge is 0.484 e. The number of carbonyl (C=O) groups is 2. The van der Waals surface area contributed by atoms with Crippen LogP contribution in [0.2, 0.25) is 0 Å². The van der Waals surface area contributed by atoms with Gasteiger partial charge in [-0.15, -0.1) is 0 Å². The summed E-state index contributed by atoms with van der Waals surface area (Å²) in [6.45, 7) is 3.74. The van der Waals surface area contributed by atoms with Crippen LogP contribution in [0.15, 0.2) is 48.5 Å². The fourth-order valence-electron chi connectivity index (χ4n) is 1.72. The molecular formula is C17H18N2O3. The highest BCUT2D eigenvalue weighted by Crippen LogP contribution is 2.10. The summed E-state index contributed by atoms with van der Waals surface area (Å²) in [6, 6.07) is 14.4. The van der Waals surface area contributed by atoms with Gasteiger partial charge in [0, 0.05) is 5.56 Å². The topological polar surface area (TPSA) is 67.4 Å². The third-order valence-electron chi connectivity index (χ3n) is 3.02. The zero-order valence-corrected chi connectivity index (χ0v) is 12.6. The summed E-state index contributed by atoms with van der Waals surface area (Å²) in [7, 11) is 0. The van der Waals surface area contributed by atoms with E-state index in [2.05, 4.69) is 10.9 Å². The quantitative estimate of drug-likeness (QED) is 0.850. The van der Waals surface area contributed by atoms with E-state index < -0.39 is 5.91 Å². The van der Waals surface area contributed by atoms with E-state index in [1.165, 1.54) is 0 Å². The van der Waals surface area contributed by atoms with Crippen LogP contribution in [0.4, 0.5) is 0 Å². The van der Waals surface area contributed by atoms with Crippen LogP contribution in [0.25, 0.3) is 0 Å². The Morgan fingerprint density at radius 3 is 2.00 bits per heavy atom.